The normalized spacial score (nSPS) is 10.4. The third-order valence-corrected chi connectivity index (χ3v) is 4.86. The molecule has 0 bridgehead atoms. The van der Waals surface area contributed by atoms with Gasteiger partial charge in [0.05, 0.1) is 38.2 Å². The third-order valence-electron chi connectivity index (χ3n) is 4.86. The number of aromatic nitrogens is 2. The first-order chi connectivity index (χ1) is 16.8. The van der Waals surface area contributed by atoms with Crippen molar-refractivity contribution in [3.05, 3.63) is 96.2 Å². The van der Waals surface area contributed by atoms with Crippen molar-refractivity contribution in [3.63, 3.8) is 0 Å². The average Bonchev–Trinajstić information content (AvgIpc) is 2.90. The Kier molecular flexibility index (Phi) is 7.67. The monoisotopic (exact) mass is 453 g/mol. The van der Waals surface area contributed by atoms with Gasteiger partial charge in [0, 0.05) is 5.56 Å². The Hall–Kier alpha value is -4.41. The van der Waals surface area contributed by atoms with Gasteiger partial charge in [0.25, 0.3) is 5.88 Å². The van der Waals surface area contributed by atoms with Crippen molar-refractivity contribution in [1.29, 1.82) is 5.26 Å². The molecule has 4 rings (SSSR count). The summed E-state index contributed by atoms with van der Waals surface area (Å²) in [5.41, 5.74) is 2.41. The number of nitriles is 1. The van der Waals surface area contributed by atoms with Crippen LogP contribution in [0.15, 0.2) is 85.1 Å². The van der Waals surface area contributed by atoms with E-state index in [0.717, 1.165) is 11.1 Å². The summed E-state index contributed by atoms with van der Waals surface area (Å²) in [4.78, 5) is 9.00. The lowest BCUT2D eigenvalue weighted by molar-refractivity contribution is 0.0866. The molecule has 0 aliphatic heterocycles. The molecule has 1 aromatic heterocycles. The van der Waals surface area contributed by atoms with Gasteiger partial charge in [-0.05, 0) is 42.0 Å². The molecule has 7 heteroatoms. The second-order valence-electron chi connectivity index (χ2n) is 7.19. The molecule has 170 valence electrons. The van der Waals surface area contributed by atoms with Crippen LogP contribution >= 0.6 is 0 Å². The molecule has 0 fully saturated rings. The molecule has 0 saturated heterocycles. The van der Waals surface area contributed by atoms with Crippen LogP contribution in [-0.2, 0) is 11.3 Å². The van der Waals surface area contributed by atoms with Gasteiger partial charge in [-0.25, -0.2) is 4.98 Å². The van der Waals surface area contributed by atoms with Crippen LogP contribution in [0.1, 0.15) is 11.1 Å². The van der Waals surface area contributed by atoms with E-state index in [1.54, 1.807) is 49.7 Å². The van der Waals surface area contributed by atoms with Gasteiger partial charge in [-0.3, -0.25) is 0 Å². The highest BCUT2D eigenvalue weighted by molar-refractivity contribution is 5.58. The first-order valence-electron chi connectivity index (χ1n) is 10.7. The molecule has 0 amide bonds. The number of methoxy groups -OCH3 is 1. The Morgan fingerprint density at radius 2 is 1.56 bits per heavy atom. The van der Waals surface area contributed by atoms with Gasteiger partial charge < -0.3 is 18.9 Å². The molecule has 0 unspecified atom stereocenters. The molecule has 0 aliphatic carbocycles. The van der Waals surface area contributed by atoms with Gasteiger partial charge in [0.2, 0.25) is 5.75 Å². The fraction of sp³-hybridized carbons (Fsp3) is 0.148. The lowest BCUT2D eigenvalue weighted by atomic mass is 10.1. The van der Waals surface area contributed by atoms with E-state index in [9.17, 15) is 0 Å². The van der Waals surface area contributed by atoms with Gasteiger partial charge in [-0.2, -0.15) is 10.2 Å². The summed E-state index contributed by atoms with van der Waals surface area (Å²) in [6.07, 6.45) is 1.56. The van der Waals surface area contributed by atoms with Crippen molar-refractivity contribution in [2.24, 2.45) is 0 Å². The minimum absolute atomic E-state index is 0.277. The summed E-state index contributed by atoms with van der Waals surface area (Å²) in [6, 6.07) is 26.4. The maximum atomic E-state index is 9.04. The minimum Gasteiger partial charge on any atom is -0.493 e. The van der Waals surface area contributed by atoms with Crippen LogP contribution in [0.3, 0.4) is 0 Å². The summed E-state index contributed by atoms with van der Waals surface area (Å²) in [6.45, 7) is 1.15. The van der Waals surface area contributed by atoms with Crippen LogP contribution in [0.5, 0.6) is 23.1 Å². The Balaban J connectivity index is 1.51. The molecule has 0 atom stereocenters. The van der Waals surface area contributed by atoms with E-state index in [2.05, 4.69) is 16.0 Å². The molecular weight excluding hydrogens is 430 g/mol. The molecule has 34 heavy (non-hydrogen) atoms. The number of benzene rings is 3. The zero-order chi connectivity index (χ0) is 23.6. The Morgan fingerprint density at radius 3 is 2.29 bits per heavy atom. The van der Waals surface area contributed by atoms with E-state index in [0.29, 0.717) is 41.9 Å². The van der Waals surface area contributed by atoms with Crippen LogP contribution in [0.2, 0.25) is 0 Å². The van der Waals surface area contributed by atoms with Crippen LogP contribution < -0.4 is 14.2 Å². The van der Waals surface area contributed by atoms with Crippen LogP contribution in [0.4, 0.5) is 0 Å². The molecule has 4 aromatic rings. The van der Waals surface area contributed by atoms with E-state index < -0.39 is 0 Å². The highest BCUT2D eigenvalue weighted by Crippen LogP contribution is 2.35. The van der Waals surface area contributed by atoms with Gasteiger partial charge in [0.1, 0.15) is 6.61 Å². The fourth-order valence-corrected chi connectivity index (χ4v) is 3.14. The lowest BCUT2D eigenvalue weighted by Gasteiger charge is -2.14. The Labute approximate surface area is 198 Å². The van der Waals surface area contributed by atoms with Crippen molar-refractivity contribution < 1.29 is 18.9 Å². The molecule has 0 aliphatic rings. The summed E-state index contributed by atoms with van der Waals surface area (Å²) >= 11 is 0. The highest BCUT2D eigenvalue weighted by Gasteiger charge is 2.15. The number of nitrogens with zero attached hydrogens (tertiary/aromatic N) is 3. The predicted octanol–water partition coefficient (Wildman–Crippen LogP) is 5.41. The summed E-state index contributed by atoms with van der Waals surface area (Å²) < 4.78 is 23.1. The Bertz CT molecular complexity index is 1260. The summed E-state index contributed by atoms with van der Waals surface area (Å²) in [7, 11) is 1.58. The Morgan fingerprint density at radius 1 is 0.824 bits per heavy atom. The fourth-order valence-electron chi connectivity index (χ4n) is 3.14. The number of hydrogen-bond donors (Lipinski definition) is 0. The van der Waals surface area contributed by atoms with Crippen molar-refractivity contribution >= 4 is 0 Å². The molecule has 0 radical (unpaired) electrons. The van der Waals surface area contributed by atoms with E-state index in [1.165, 1.54) is 0 Å². The zero-order valence-electron chi connectivity index (χ0n) is 18.7. The first kappa shape index (κ1) is 22.8. The maximum absolute atomic E-state index is 9.04. The van der Waals surface area contributed by atoms with Gasteiger partial charge in [-0.15, -0.1) is 0 Å². The van der Waals surface area contributed by atoms with Gasteiger partial charge >= 0.3 is 0 Å². The van der Waals surface area contributed by atoms with Gasteiger partial charge in [-0.1, -0.05) is 42.5 Å². The largest absolute Gasteiger partial charge is 0.493 e. The van der Waals surface area contributed by atoms with E-state index >= 15 is 0 Å². The second kappa shape index (κ2) is 11.5. The second-order valence-corrected chi connectivity index (χ2v) is 7.19. The summed E-state index contributed by atoms with van der Waals surface area (Å²) in [5, 5.41) is 9.04. The van der Waals surface area contributed by atoms with E-state index in [1.807, 2.05) is 42.5 Å². The lowest BCUT2D eigenvalue weighted by Crippen LogP contribution is -2.09. The topological polar surface area (TPSA) is 86.5 Å². The van der Waals surface area contributed by atoms with Crippen LogP contribution in [0.25, 0.3) is 11.4 Å². The molecule has 0 N–H and O–H groups in total. The quantitative estimate of drug-likeness (QED) is 0.297. The number of para-hydroxylation sites is 2. The molecule has 1 heterocycles. The van der Waals surface area contributed by atoms with Crippen LogP contribution in [-0.4, -0.2) is 30.3 Å². The molecule has 0 saturated carbocycles. The van der Waals surface area contributed by atoms with E-state index in [-0.39, 0.29) is 12.5 Å². The molecule has 7 nitrogen and oxygen atoms in total. The van der Waals surface area contributed by atoms with Crippen molar-refractivity contribution in [3.8, 4) is 40.6 Å². The maximum Gasteiger partial charge on any atom is 0.261 e. The standard InChI is InChI=1S/C27H23N3O4/c1-31-23-9-5-6-10-24(23)34-25-18-29-26(22-13-11-20(17-28)12-14-22)30-27(25)33-16-15-32-19-21-7-3-2-4-8-21/h2-14,18H,15-16,19H2,1H3. The van der Waals surface area contributed by atoms with Gasteiger partial charge in [0.15, 0.2) is 17.3 Å². The number of ether oxygens (including phenoxy) is 4. The number of rotatable bonds is 10. The smallest absolute Gasteiger partial charge is 0.261 e. The SMILES string of the molecule is COc1ccccc1Oc1cnc(-c2ccc(C#N)cc2)nc1OCCOCc1ccccc1. The summed E-state index contributed by atoms with van der Waals surface area (Å²) in [5.74, 6) is 2.19. The predicted molar refractivity (Wildman–Crippen MR) is 127 cm³/mol. The molecule has 3 aromatic carbocycles. The van der Waals surface area contributed by atoms with Crippen molar-refractivity contribution in [2.45, 2.75) is 6.61 Å². The highest BCUT2D eigenvalue weighted by atomic mass is 16.6. The molecule has 0 spiro atoms. The van der Waals surface area contributed by atoms with Crippen molar-refractivity contribution in [2.75, 3.05) is 20.3 Å². The minimum atomic E-state index is 0.277. The average molecular weight is 453 g/mol. The van der Waals surface area contributed by atoms with Crippen molar-refractivity contribution in [1.82, 2.24) is 9.97 Å². The number of hydrogen-bond acceptors (Lipinski definition) is 7. The zero-order valence-corrected chi connectivity index (χ0v) is 18.7. The first-order valence-corrected chi connectivity index (χ1v) is 10.7. The third kappa shape index (κ3) is 5.88. The van der Waals surface area contributed by atoms with E-state index in [4.69, 9.17) is 24.2 Å². The van der Waals surface area contributed by atoms with Crippen LogP contribution in [0, 0.1) is 11.3 Å². The molecular formula is C27H23N3O4.